The Bertz CT molecular complexity index is 1560. The molecule has 2 aliphatic heterocycles. The van der Waals surface area contributed by atoms with E-state index in [0.717, 1.165) is 38.8 Å². The summed E-state index contributed by atoms with van der Waals surface area (Å²) < 4.78 is 31.7. The lowest BCUT2D eigenvalue weighted by atomic mass is 10.1. The third kappa shape index (κ3) is 4.90. The maximum Gasteiger partial charge on any atom is 0.255 e. The topological polar surface area (TPSA) is 92.1 Å². The van der Waals surface area contributed by atoms with Crippen LogP contribution in [0, 0.1) is 18.6 Å². The molecule has 0 bridgehead atoms. The number of benzene rings is 1. The van der Waals surface area contributed by atoms with Crippen LogP contribution in [0.1, 0.15) is 55.3 Å². The molecule has 2 fully saturated rings. The van der Waals surface area contributed by atoms with Crippen LogP contribution < -0.4 is 5.32 Å². The molecule has 40 heavy (non-hydrogen) atoms. The van der Waals surface area contributed by atoms with Gasteiger partial charge in [-0.05, 0) is 77.4 Å². The van der Waals surface area contributed by atoms with Crippen molar-refractivity contribution >= 4 is 28.7 Å². The van der Waals surface area contributed by atoms with Crippen molar-refractivity contribution in [3.05, 3.63) is 59.7 Å². The second-order valence-corrected chi connectivity index (χ2v) is 10.8. The summed E-state index contributed by atoms with van der Waals surface area (Å²) in [5.74, 6) is -0.0757. The summed E-state index contributed by atoms with van der Waals surface area (Å²) in [5, 5.41) is 2.96. The molecule has 3 aromatic heterocycles. The summed E-state index contributed by atoms with van der Waals surface area (Å²) in [6.45, 7) is 9.50. The Labute approximate surface area is 231 Å². The number of carbonyl (C=O) groups excluding carboxylic acids is 1. The molecule has 5 heterocycles. The molecule has 1 amide bonds. The molecule has 11 heteroatoms. The number of nitrogens with zero attached hydrogens (tertiary/aromatic N) is 7. The minimum atomic E-state index is -0.677. The fraction of sp³-hybridized carbons (Fsp3) is 0.414. The first kappa shape index (κ1) is 26.2. The number of carbonyl (C=O) groups is 1. The van der Waals surface area contributed by atoms with Crippen LogP contribution in [0.5, 0.6) is 0 Å². The van der Waals surface area contributed by atoms with Crippen LogP contribution in [0.3, 0.4) is 0 Å². The summed E-state index contributed by atoms with van der Waals surface area (Å²) in [5.41, 5.74) is 1.56. The highest BCUT2D eigenvalue weighted by atomic mass is 19.1. The molecular formula is C29H32F2N8O. The van der Waals surface area contributed by atoms with E-state index in [1.165, 1.54) is 25.1 Å². The first-order valence-corrected chi connectivity index (χ1v) is 13.8. The van der Waals surface area contributed by atoms with Crippen molar-refractivity contribution in [2.75, 3.05) is 31.5 Å². The maximum atomic E-state index is 15.0. The van der Waals surface area contributed by atoms with Crippen LogP contribution in [0.15, 0.2) is 36.7 Å². The lowest BCUT2D eigenvalue weighted by Crippen LogP contribution is -2.37. The number of aryl methyl sites for hydroxylation is 1. The number of fused-ring (bicyclic) bond motifs is 1. The molecule has 0 radical (unpaired) electrons. The highest BCUT2D eigenvalue weighted by molar-refractivity contribution is 5.94. The molecule has 9 nitrogen and oxygen atoms in total. The summed E-state index contributed by atoms with van der Waals surface area (Å²) in [7, 11) is 0. The highest BCUT2D eigenvalue weighted by Gasteiger charge is 2.32. The number of nitrogens with one attached hydrogen (secondary N) is 1. The van der Waals surface area contributed by atoms with Gasteiger partial charge in [0.15, 0.2) is 11.6 Å². The number of pyridine rings is 1. The van der Waals surface area contributed by atoms with Crippen molar-refractivity contribution < 1.29 is 13.6 Å². The number of aromatic nitrogens is 5. The molecular weight excluding hydrogens is 514 g/mol. The van der Waals surface area contributed by atoms with Gasteiger partial charge in [0, 0.05) is 36.9 Å². The number of hydrogen-bond donors (Lipinski definition) is 1. The third-order valence-electron chi connectivity index (χ3n) is 7.82. The van der Waals surface area contributed by atoms with Gasteiger partial charge in [-0.25, -0.2) is 28.7 Å². The predicted octanol–water partition coefficient (Wildman–Crippen LogP) is 5.11. The van der Waals surface area contributed by atoms with E-state index in [-0.39, 0.29) is 34.7 Å². The largest absolute Gasteiger partial charge is 0.337 e. The molecule has 0 spiro atoms. The molecule has 0 unspecified atom stereocenters. The molecule has 1 aromatic carbocycles. The van der Waals surface area contributed by atoms with E-state index in [2.05, 4.69) is 30.2 Å². The van der Waals surface area contributed by atoms with Gasteiger partial charge in [0.25, 0.3) is 5.91 Å². The minimum Gasteiger partial charge on any atom is -0.337 e. The molecule has 2 aliphatic rings. The Kier molecular flexibility index (Phi) is 6.91. The average Bonchev–Trinajstić information content (AvgIpc) is 3.69. The van der Waals surface area contributed by atoms with E-state index >= 15 is 0 Å². The number of amides is 1. The highest BCUT2D eigenvalue weighted by Crippen LogP contribution is 2.30. The molecule has 208 valence electrons. The van der Waals surface area contributed by atoms with Crippen LogP contribution in [0.2, 0.25) is 0 Å². The van der Waals surface area contributed by atoms with Gasteiger partial charge in [0.2, 0.25) is 5.95 Å². The van der Waals surface area contributed by atoms with Crippen LogP contribution >= 0.6 is 0 Å². The van der Waals surface area contributed by atoms with Crippen LogP contribution in [-0.4, -0.2) is 72.4 Å². The average molecular weight is 547 g/mol. The van der Waals surface area contributed by atoms with Crippen LogP contribution in [0.4, 0.5) is 20.5 Å². The Morgan fingerprint density at radius 3 is 2.55 bits per heavy atom. The van der Waals surface area contributed by atoms with Crippen molar-refractivity contribution in [1.29, 1.82) is 0 Å². The van der Waals surface area contributed by atoms with E-state index < -0.39 is 11.6 Å². The van der Waals surface area contributed by atoms with Gasteiger partial charge < -0.3 is 14.8 Å². The summed E-state index contributed by atoms with van der Waals surface area (Å²) in [6, 6.07) is 6.80. The van der Waals surface area contributed by atoms with Crippen molar-refractivity contribution in [2.24, 2.45) is 0 Å². The number of likely N-dealkylation sites (tertiary alicyclic amines) is 2. The van der Waals surface area contributed by atoms with Gasteiger partial charge >= 0.3 is 0 Å². The molecule has 0 saturated carbocycles. The SMILES string of the molecule is Cc1nc2c(F)cc(-c3nc(Nc4ccc(C(=O)N5CC[C@H](N6CCCC6)C5)cn4)ncc3F)cc2n1C(C)C. The molecule has 4 aromatic rings. The van der Waals surface area contributed by atoms with Gasteiger partial charge in [0.05, 0.1) is 17.3 Å². The van der Waals surface area contributed by atoms with Gasteiger partial charge in [-0.1, -0.05) is 0 Å². The maximum absolute atomic E-state index is 15.0. The number of halogens is 2. The Morgan fingerprint density at radius 1 is 1.02 bits per heavy atom. The Morgan fingerprint density at radius 2 is 1.82 bits per heavy atom. The molecule has 1 atom stereocenters. The standard InChI is InChI=1S/C29H32F2N8O/c1-17(2)39-18(3)34-27-22(30)12-20(13-24(27)39)26-23(31)15-33-29(36-26)35-25-7-6-19(14-32-25)28(40)38-11-8-21(16-38)37-9-4-5-10-37/h6-7,12-15,17,21H,4-5,8-11,16H2,1-3H3,(H,32,33,35,36)/t21-/m0/s1. The minimum absolute atomic E-state index is 0.0330. The monoisotopic (exact) mass is 546 g/mol. The summed E-state index contributed by atoms with van der Waals surface area (Å²) in [4.78, 5) is 34.5. The first-order chi connectivity index (χ1) is 19.3. The van der Waals surface area contributed by atoms with Crippen molar-refractivity contribution in [3.8, 4) is 11.3 Å². The van der Waals surface area contributed by atoms with E-state index in [0.29, 0.717) is 28.8 Å². The zero-order valence-electron chi connectivity index (χ0n) is 22.9. The van der Waals surface area contributed by atoms with Crippen molar-refractivity contribution in [2.45, 2.75) is 52.1 Å². The summed E-state index contributed by atoms with van der Waals surface area (Å²) >= 11 is 0. The van der Waals surface area contributed by atoms with Gasteiger partial charge in [-0.15, -0.1) is 0 Å². The van der Waals surface area contributed by atoms with E-state index in [9.17, 15) is 13.6 Å². The van der Waals surface area contributed by atoms with Crippen molar-refractivity contribution in [1.82, 2.24) is 34.3 Å². The fourth-order valence-corrected chi connectivity index (χ4v) is 5.91. The molecule has 1 N–H and O–H groups in total. The zero-order chi connectivity index (χ0) is 28.0. The number of hydrogen-bond acceptors (Lipinski definition) is 7. The van der Waals surface area contributed by atoms with Crippen molar-refractivity contribution in [3.63, 3.8) is 0 Å². The Hall–Kier alpha value is -3.99. The second-order valence-electron chi connectivity index (χ2n) is 10.8. The lowest BCUT2D eigenvalue weighted by molar-refractivity contribution is 0.0779. The fourth-order valence-electron chi connectivity index (χ4n) is 5.91. The lowest BCUT2D eigenvalue weighted by Gasteiger charge is -2.23. The first-order valence-electron chi connectivity index (χ1n) is 13.8. The van der Waals surface area contributed by atoms with Gasteiger partial charge in [0.1, 0.15) is 22.9 Å². The smallest absolute Gasteiger partial charge is 0.255 e. The van der Waals surface area contributed by atoms with Crippen LogP contribution in [0.25, 0.3) is 22.3 Å². The quantitative estimate of drug-likeness (QED) is 0.359. The molecule has 2 saturated heterocycles. The number of anilines is 2. The predicted molar refractivity (Wildman–Crippen MR) is 148 cm³/mol. The Balaban J connectivity index is 1.20. The molecule has 6 rings (SSSR count). The second kappa shape index (κ2) is 10.5. The normalized spacial score (nSPS) is 17.9. The third-order valence-corrected chi connectivity index (χ3v) is 7.82. The van der Waals surface area contributed by atoms with Crippen LogP contribution in [-0.2, 0) is 0 Å². The van der Waals surface area contributed by atoms with E-state index in [4.69, 9.17) is 0 Å². The summed E-state index contributed by atoms with van der Waals surface area (Å²) in [6.07, 6.45) is 6.03. The number of rotatable bonds is 6. The van der Waals surface area contributed by atoms with E-state index in [1.54, 1.807) is 18.2 Å². The van der Waals surface area contributed by atoms with Gasteiger partial charge in [-0.2, -0.15) is 0 Å². The zero-order valence-corrected chi connectivity index (χ0v) is 22.9. The molecule has 0 aliphatic carbocycles. The van der Waals surface area contributed by atoms with Gasteiger partial charge in [-0.3, -0.25) is 9.69 Å². The number of imidazole rings is 1. The van der Waals surface area contributed by atoms with E-state index in [1.807, 2.05) is 30.2 Å².